The second kappa shape index (κ2) is 2.54. The van der Waals surface area contributed by atoms with Crippen molar-refractivity contribution in [3.8, 4) is 11.5 Å². The van der Waals surface area contributed by atoms with Gasteiger partial charge < -0.3 is 20.4 Å². The number of nitrogen functional groups attached to an aromatic ring is 1. The van der Waals surface area contributed by atoms with Crippen LogP contribution in [0.4, 0.5) is 5.82 Å². The van der Waals surface area contributed by atoms with Crippen LogP contribution < -0.4 is 20.8 Å². The molecule has 0 amide bonds. The fourth-order valence-corrected chi connectivity index (χ4v) is 1.05. The van der Waals surface area contributed by atoms with Gasteiger partial charge in [-0.15, -0.1) is 5.10 Å². The van der Waals surface area contributed by atoms with E-state index in [2.05, 4.69) is 5.10 Å². The van der Waals surface area contributed by atoms with E-state index in [9.17, 15) is 4.79 Å². The monoisotopic (exact) mass is 185 g/mol. The van der Waals surface area contributed by atoms with Gasteiger partial charge in [-0.3, -0.25) is 4.79 Å². The third-order valence-electron chi connectivity index (χ3n) is 1.59. The SMILES string of the molecule is Nc1nn(O)c(=O)c2c1OCCO2. The maximum absolute atomic E-state index is 11.2. The van der Waals surface area contributed by atoms with Gasteiger partial charge in [-0.1, -0.05) is 4.85 Å². The molecule has 1 aromatic heterocycles. The molecule has 70 valence electrons. The first-order valence-corrected chi connectivity index (χ1v) is 3.58. The number of anilines is 1. The van der Waals surface area contributed by atoms with E-state index in [1.54, 1.807) is 0 Å². The Morgan fingerprint density at radius 1 is 1.38 bits per heavy atom. The molecule has 0 atom stereocenters. The van der Waals surface area contributed by atoms with Gasteiger partial charge in [-0.2, -0.15) is 0 Å². The third-order valence-corrected chi connectivity index (χ3v) is 1.59. The van der Waals surface area contributed by atoms with Crippen LogP contribution in [0, 0.1) is 0 Å². The maximum atomic E-state index is 11.2. The van der Waals surface area contributed by atoms with Crippen molar-refractivity contribution >= 4 is 5.82 Å². The average Bonchev–Trinajstić information content (AvgIpc) is 2.15. The molecule has 0 aliphatic carbocycles. The number of ether oxygens (including phenoxy) is 2. The molecule has 0 saturated carbocycles. The van der Waals surface area contributed by atoms with Crippen LogP contribution in [0.5, 0.6) is 11.5 Å². The molecule has 7 nitrogen and oxygen atoms in total. The summed E-state index contributed by atoms with van der Waals surface area (Å²) < 4.78 is 10.0. The molecule has 0 radical (unpaired) electrons. The minimum atomic E-state index is -0.774. The summed E-state index contributed by atoms with van der Waals surface area (Å²) in [5, 5.41) is 12.3. The predicted molar refractivity (Wildman–Crippen MR) is 41.1 cm³/mol. The lowest BCUT2D eigenvalue weighted by atomic mass is 10.4. The van der Waals surface area contributed by atoms with Gasteiger partial charge >= 0.3 is 5.56 Å². The second-order valence-electron chi connectivity index (χ2n) is 2.44. The molecular formula is C6H7N3O4. The van der Waals surface area contributed by atoms with Crippen molar-refractivity contribution in [3.63, 3.8) is 0 Å². The van der Waals surface area contributed by atoms with Crippen LogP contribution in [0.3, 0.4) is 0 Å². The standard InChI is InChI=1S/C6H7N3O4/c7-5-3-4(13-2-1-12-3)6(10)9(11)8-5/h11H,1-2H2,(H2,7,8). The van der Waals surface area contributed by atoms with Crippen molar-refractivity contribution in [3.05, 3.63) is 10.4 Å². The van der Waals surface area contributed by atoms with Crippen molar-refractivity contribution < 1.29 is 14.7 Å². The van der Waals surface area contributed by atoms with Gasteiger partial charge in [0, 0.05) is 0 Å². The number of hydrogen-bond donors (Lipinski definition) is 2. The zero-order valence-corrected chi connectivity index (χ0v) is 6.56. The van der Waals surface area contributed by atoms with Gasteiger partial charge in [-0.05, 0) is 0 Å². The van der Waals surface area contributed by atoms with E-state index < -0.39 is 5.56 Å². The van der Waals surface area contributed by atoms with Crippen LogP contribution >= 0.6 is 0 Å². The van der Waals surface area contributed by atoms with E-state index in [1.807, 2.05) is 0 Å². The van der Waals surface area contributed by atoms with E-state index in [-0.39, 0.29) is 28.8 Å². The van der Waals surface area contributed by atoms with Gasteiger partial charge in [0.25, 0.3) is 0 Å². The molecule has 3 N–H and O–H groups in total. The maximum Gasteiger partial charge on any atom is 0.348 e. The zero-order valence-electron chi connectivity index (χ0n) is 6.56. The highest BCUT2D eigenvalue weighted by Gasteiger charge is 2.21. The zero-order chi connectivity index (χ0) is 9.42. The first-order valence-electron chi connectivity index (χ1n) is 3.58. The Balaban J connectivity index is 2.70. The molecule has 0 fully saturated rings. The number of nitrogens with two attached hydrogens (primary N) is 1. The molecule has 2 heterocycles. The molecule has 0 bridgehead atoms. The molecule has 0 unspecified atom stereocenters. The van der Waals surface area contributed by atoms with Gasteiger partial charge in [0.2, 0.25) is 11.5 Å². The molecule has 13 heavy (non-hydrogen) atoms. The summed E-state index contributed by atoms with van der Waals surface area (Å²) in [4.78, 5) is 11.3. The molecule has 0 saturated heterocycles. The van der Waals surface area contributed by atoms with E-state index in [0.29, 0.717) is 6.61 Å². The Hall–Kier alpha value is -1.92. The van der Waals surface area contributed by atoms with Crippen LogP contribution in [-0.4, -0.2) is 28.4 Å². The van der Waals surface area contributed by atoms with Gasteiger partial charge in [0.15, 0.2) is 5.82 Å². The Kier molecular flexibility index (Phi) is 1.51. The van der Waals surface area contributed by atoms with Crippen molar-refractivity contribution in [1.82, 2.24) is 9.94 Å². The molecule has 1 aromatic rings. The Labute approximate surface area is 72.2 Å². The fourth-order valence-electron chi connectivity index (χ4n) is 1.05. The van der Waals surface area contributed by atoms with Crippen molar-refractivity contribution in [1.29, 1.82) is 0 Å². The highest BCUT2D eigenvalue weighted by Crippen LogP contribution is 2.29. The van der Waals surface area contributed by atoms with Crippen LogP contribution in [-0.2, 0) is 0 Å². The van der Waals surface area contributed by atoms with Crippen molar-refractivity contribution in [2.45, 2.75) is 0 Å². The van der Waals surface area contributed by atoms with E-state index in [1.165, 1.54) is 0 Å². The molecular weight excluding hydrogens is 178 g/mol. The molecule has 0 spiro atoms. The first-order chi connectivity index (χ1) is 6.20. The lowest BCUT2D eigenvalue weighted by molar-refractivity contribution is 0.114. The molecule has 1 aliphatic heterocycles. The Morgan fingerprint density at radius 3 is 2.69 bits per heavy atom. The lowest BCUT2D eigenvalue weighted by Gasteiger charge is -2.17. The fraction of sp³-hybridized carbons (Fsp3) is 0.333. The number of aromatic nitrogens is 2. The molecule has 2 rings (SSSR count). The summed E-state index contributed by atoms with van der Waals surface area (Å²) in [5.74, 6) is -0.0698. The minimum absolute atomic E-state index is 0.0724. The highest BCUT2D eigenvalue weighted by atomic mass is 16.6. The third kappa shape index (κ3) is 1.05. The van der Waals surface area contributed by atoms with E-state index in [4.69, 9.17) is 20.4 Å². The van der Waals surface area contributed by atoms with Crippen molar-refractivity contribution in [2.24, 2.45) is 0 Å². The highest BCUT2D eigenvalue weighted by molar-refractivity contribution is 5.54. The summed E-state index contributed by atoms with van der Waals surface area (Å²) in [6, 6.07) is 0. The summed E-state index contributed by atoms with van der Waals surface area (Å²) in [7, 11) is 0. The van der Waals surface area contributed by atoms with Crippen LogP contribution in [0.2, 0.25) is 0 Å². The van der Waals surface area contributed by atoms with Gasteiger partial charge in [0.05, 0.1) is 0 Å². The average molecular weight is 185 g/mol. The quantitative estimate of drug-likeness (QED) is 0.494. The largest absolute Gasteiger partial charge is 0.483 e. The predicted octanol–water partition coefficient (Wildman–Crippen LogP) is -1.17. The van der Waals surface area contributed by atoms with Crippen LogP contribution in [0.25, 0.3) is 0 Å². The van der Waals surface area contributed by atoms with Gasteiger partial charge in [0.1, 0.15) is 13.2 Å². The second-order valence-corrected chi connectivity index (χ2v) is 2.44. The number of fused-ring (bicyclic) bond motifs is 1. The summed E-state index contributed by atoms with van der Waals surface area (Å²) in [6.45, 7) is 0.569. The number of hydrogen-bond acceptors (Lipinski definition) is 6. The smallest absolute Gasteiger partial charge is 0.348 e. The normalized spacial score (nSPS) is 14.2. The Bertz CT molecular complexity index is 400. The van der Waals surface area contributed by atoms with E-state index in [0.717, 1.165) is 0 Å². The summed E-state index contributed by atoms with van der Waals surface area (Å²) in [6.07, 6.45) is 0. The molecule has 1 aliphatic rings. The lowest BCUT2D eigenvalue weighted by Crippen LogP contribution is -2.29. The minimum Gasteiger partial charge on any atom is -0.483 e. The topological polar surface area (TPSA) is 99.6 Å². The van der Waals surface area contributed by atoms with Crippen LogP contribution in [0.1, 0.15) is 0 Å². The van der Waals surface area contributed by atoms with E-state index >= 15 is 0 Å². The summed E-state index contributed by atoms with van der Waals surface area (Å²) in [5.41, 5.74) is 4.60. The van der Waals surface area contributed by atoms with Gasteiger partial charge in [-0.25, -0.2) is 0 Å². The van der Waals surface area contributed by atoms with Crippen LogP contribution in [0.15, 0.2) is 4.79 Å². The number of rotatable bonds is 0. The Morgan fingerprint density at radius 2 is 2.00 bits per heavy atom. The molecule has 7 heteroatoms. The number of nitrogens with zero attached hydrogens (tertiary/aromatic N) is 2. The molecule has 0 aromatic carbocycles. The summed E-state index contributed by atoms with van der Waals surface area (Å²) >= 11 is 0. The first kappa shape index (κ1) is 7.71. The van der Waals surface area contributed by atoms with Crippen molar-refractivity contribution in [2.75, 3.05) is 18.9 Å².